The van der Waals surface area contributed by atoms with E-state index in [0.717, 1.165) is 30.6 Å². The van der Waals surface area contributed by atoms with Gasteiger partial charge in [-0.2, -0.15) is 0 Å². The molecular weight excluding hydrogens is 217 g/mol. The van der Waals surface area contributed by atoms with Crippen molar-refractivity contribution in [3.63, 3.8) is 0 Å². The summed E-state index contributed by atoms with van der Waals surface area (Å²) in [5.74, 6) is -0.268. The second kappa shape index (κ2) is 4.30. The van der Waals surface area contributed by atoms with Crippen molar-refractivity contribution in [2.75, 3.05) is 18.4 Å². The molecule has 2 heterocycles. The number of nitrogens with one attached hydrogen (secondary N) is 2. The fraction of sp³-hybridized carbons (Fsp3) is 0.308. The lowest BCUT2D eigenvalue weighted by Gasteiger charge is -2.14. The van der Waals surface area contributed by atoms with Crippen molar-refractivity contribution < 1.29 is 4.39 Å². The van der Waals surface area contributed by atoms with Crippen LogP contribution >= 0.6 is 0 Å². The Balaban J connectivity index is 2.01. The number of nitrogens with zero attached hydrogens (tertiary/aromatic N) is 1. The predicted octanol–water partition coefficient (Wildman–Crippen LogP) is 2.15. The molecule has 88 valence electrons. The summed E-state index contributed by atoms with van der Waals surface area (Å²) < 4.78 is 13.6. The molecule has 0 aliphatic carbocycles. The van der Waals surface area contributed by atoms with Gasteiger partial charge in [-0.05, 0) is 25.1 Å². The van der Waals surface area contributed by atoms with E-state index < -0.39 is 0 Å². The Morgan fingerprint density at radius 1 is 1.35 bits per heavy atom. The van der Waals surface area contributed by atoms with E-state index in [0.29, 0.717) is 11.6 Å². The van der Waals surface area contributed by atoms with Crippen molar-refractivity contribution in [2.45, 2.75) is 12.5 Å². The highest BCUT2D eigenvalue weighted by atomic mass is 19.1. The largest absolute Gasteiger partial charge is 0.380 e. The lowest BCUT2D eigenvalue weighted by molar-refractivity contribution is 0.637. The molecule has 0 saturated carbocycles. The molecule has 0 amide bonds. The minimum atomic E-state index is -0.268. The zero-order valence-corrected chi connectivity index (χ0v) is 9.41. The number of aromatic nitrogens is 1. The average Bonchev–Trinajstić information content (AvgIpc) is 2.83. The lowest BCUT2D eigenvalue weighted by Crippen LogP contribution is -2.22. The molecule has 1 fully saturated rings. The van der Waals surface area contributed by atoms with Gasteiger partial charge in [0.05, 0.1) is 0 Å². The average molecular weight is 231 g/mol. The summed E-state index contributed by atoms with van der Waals surface area (Å²) in [6, 6.07) is 7.38. The second-order valence-electron chi connectivity index (χ2n) is 4.33. The van der Waals surface area contributed by atoms with Gasteiger partial charge in [0.1, 0.15) is 11.3 Å². The molecule has 2 N–H and O–H groups in total. The number of hydrogen-bond acceptors (Lipinski definition) is 3. The Kier molecular flexibility index (Phi) is 2.65. The number of halogens is 1. The summed E-state index contributed by atoms with van der Waals surface area (Å²) in [7, 11) is 0. The van der Waals surface area contributed by atoms with Gasteiger partial charge >= 0.3 is 0 Å². The number of anilines is 1. The fourth-order valence-corrected chi connectivity index (χ4v) is 2.26. The van der Waals surface area contributed by atoms with Crippen molar-refractivity contribution in [1.82, 2.24) is 10.3 Å². The van der Waals surface area contributed by atoms with Gasteiger partial charge in [0.15, 0.2) is 0 Å². The Bertz CT molecular complexity index is 535. The molecule has 0 radical (unpaired) electrons. The van der Waals surface area contributed by atoms with Crippen LogP contribution < -0.4 is 10.6 Å². The van der Waals surface area contributed by atoms with Crippen molar-refractivity contribution in [1.29, 1.82) is 0 Å². The standard InChI is InChI=1S/C13H14FN3/c14-11-3-1-2-10-12(5-7-16-13(10)11)17-9-4-6-15-8-9/h1-3,5,7,9,15H,4,6,8H2,(H,16,17). The van der Waals surface area contributed by atoms with Gasteiger partial charge < -0.3 is 10.6 Å². The minimum absolute atomic E-state index is 0.268. The topological polar surface area (TPSA) is 37.0 Å². The van der Waals surface area contributed by atoms with Gasteiger partial charge in [-0.3, -0.25) is 4.98 Å². The van der Waals surface area contributed by atoms with Gasteiger partial charge in [-0.1, -0.05) is 12.1 Å². The molecule has 1 aromatic heterocycles. The maximum atomic E-state index is 13.6. The summed E-state index contributed by atoms with van der Waals surface area (Å²) in [5.41, 5.74) is 1.40. The molecule has 1 aliphatic heterocycles. The number of benzene rings is 1. The third kappa shape index (κ3) is 1.96. The lowest BCUT2D eigenvalue weighted by atomic mass is 10.1. The Labute approximate surface area is 99.1 Å². The quantitative estimate of drug-likeness (QED) is 0.831. The van der Waals surface area contributed by atoms with E-state index in [-0.39, 0.29) is 5.82 Å². The molecule has 1 saturated heterocycles. The van der Waals surface area contributed by atoms with E-state index in [1.54, 1.807) is 12.3 Å². The smallest absolute Gasteiger partial charge is 0.149 e. The van der Waals surface area contributed by atoms with Crippen LogP contribution in [0.1, 0.15) is 6.42 Å². The van der Waals surface area contributed by atoms with Crippen LogP contribution in [-0.2, 0) is 0 Å². The van der Waals surface area contributed by atoms with Crippen LogP contribution in [0.5, 0.6) is 0 Å². The van der Waals surface area contributed by atoms with E-state index in [9.17, 15) is 4.39 Å². The molecule has 1 atom stereocenters. The monoisotopic (exact) mass is 231 g/mol. The number of rotatable bonds is 2. The van der Waals surface area contributed by atoms with Gasteiger partial charge in [0.2, 0.25) is 0 Å². The van der Waals surface area contributed by atoms with Crippen molar-refractivity contribution >= 4 is 16.6 Å². The first-order valence-electron chi connectivity index (χ1n) is 5.85. The van der Waals surface area contributed by atoms with Crippen LogP contribution in [0.15, 0.2) is 30.5 Å². The van der Waals surface area contributed by atoms with E-state index in [1.807, 2.05) is 12.1 Å². The third-order valence-electron chi connectivity index (χ3n) is 3.14. The molecule has 1 aliphatic rings. The first-order chi connectivity index (χ1) is 8.34. The number of hydrogen-bond donors (Lipinski definition) is 2. The summed E-state index contributed by atoms with van der Waals surface area (Å²) in [6.45, 7) is 1.99. The van der Waals surface area contributed by atoms with E-state index in [2.05, 4.69) is 15.6 Å². The molecule has 3 nitrogen and oxygen atoms in total. The van der Waals surface area contributed by atoms with Crippen molar-refractivity contribution in [3.8, 4) is 0 Å². The summed E-state index contributed by atoms with van der Waals surface area (Å²) in [6.07, 6.45) is 2.75. The van der Waals surface area contributed by atoms with Gasteiger partial charge in [-0.25, -0.2) is 4.39 Å². The van der Waals surface area contributed by atoms with Crippen LogP contribution in [0.25, 0.3) is 10.9 Å². The Hall–Kier alpha value is -1.68. The highest BCUT2D eigenvalue weighted by Crippen LogP contribution is 2.24. The molecule has 1 aromatic carbocycles. The highest BCUT2D eigenvalue weighted by molar-refractivity contribution is 5.91. The van der Waals surface area contributed by atoms with Crippen LogP contribution in [0.4, 0.5) is 10.1 Å². The first-order valence-corrected chi connectivity index (χ1v) is 5.85. The van der Waals surface area contributed by atoms with Gasteiger partial charge in [0.25, 0.3) is 0 Å². The zero-order valence-electron chi connectivity index (χ0n) is 9.41. The van der Waals surface area contributed by atoms with E-state index in [1.165, 1.54) is 6.07 Å². The summed E-state index contributed by atoms with van der Waals surface area (Å²) >= 11 is 0. The van der Waals surface area contributed by atoms with Crippen LogP contribution in [-0.4, -0.2) is 24.1 Å². The molecule has 0 spiro atoms. The van der Waals surface area contributed by atoms with Crippen LogP contribution in [0.2, 0.25) is 0 Å². The normalized spacial score (nSPS) is 19.7. The molecule has 1 unspecified atom stereocenters. The van der Waals surface area contributed by atoms with Crippen LogP contribution in [0, 0.1) is 5.82 Å². The van der Waals surface area contributed by atoms with E-state index in [4.69, 9.17) is 0 Å². The number of para-hydroxylation sites is 1. The fourth-order valence-electron chi connectivity index (χ4n) is 2.26. The molecule has 2 aromatic rings. The second-order valence-corrected chi connectivity index (χ2v) is 4.33. The predicted molar refractivity (Wildman–Crippen MR) is 66.6 cm³/mol. The summed E-state index contributed by atoms with van der Waals surface area (Å²) in [5, 5.41) is 7.59. The van der Waals surface area contributed by atoms with Crippen LogP contribution in [0.3, 0.4) is 0 Å². The number of fused-ring (bicyclic) bond motifs is 1. The maximum Gasteiger partial charge on any atom is 0.149 e. The van der Waals surface area contributed by atoms with Gasteiger partial charge in [-0.15, -0.1) is 0 Å². The molecule has 17 heavy (non-hydrogen) atoms. The Morgan fingerprint density at radius 3 is 3.12 bits per heavy atom. The molecule has 3 rings (SSSR count). The van der Waals surface area contributed by atoms with Gasteiger partial charge in [0, 0.05) is 29.9 Å². The first kappa shape index (κ1) is 10.5. The third-order valence-corrected chi connectivity index (χ3v) is 3.14. The Morgan fingerprint density at radius 2 is 2.29 bits per heavy atom. The number of pyridine rings is 1. The highest BCUT2D eigenvalue weighted by Gasteiger charge is 2.15. The minimum Gasteiger partial charge on any atom is -0.380 e. The van der Waals surface area contributed by atoms with E-state index >= 15 is 0 Å². The van der Waals surface area contributed by atoms with Crippen molar-refractivity contribution in [3.05, 3.63) is 36.3 Å². The molecule has 4 heteroatoms. The maximum absolute atomic E-state index is 13.6. The zero-order chi connectivity index (χ0) is 11.7. The van der Waals surface area contributed by atoms with Crippen molar-refractivity contribution in [2.24, 2.45) is 0 Å². The summed E-state index contributed by atoms with van der Waals surface area (Å²) in [4.78, 5) is 4.09. The molecular formula is C13H14FN3. The SMILES string of the molecule is Fc1cccc2c(NC3CCNC3)ccnc12. The molecule has 0 bridgehead atoms.